The first-order chi connectivity index (χ1) is 9.76. The van der Waals surface area contributed by atoms with Crippen LogP contribution in [0.2, 0.25) is 0 Å². The van der Waals surface area contributed by atoms with Gasteiger partial charge in [-0.15, -0.1) is 11.3 Å². The fourth-order valence-electron chi connectivity index (χ4n) is 2.39. The van der Waals surface area contributed by atoms with Crippen LogP contribution in [0.25, 0.3) is 10.1 Å². The number of anilines is 1. The minimum absolute atomic E-state index is 0.256. The maximum absolute atomic E-state index is 9.38. The van der Waals surface area contributed by atoms with Gasteiger partial charge in [-0.2, -0.15) is 0 Å². The molecule has 0 fully saturated rings. The van der Waals surface area contributed by atoms with E-state index in [1.54, 1.807) is 23.5 Å². The topological polar surface area (TPSA) is 32.3 Å². The number of phenols is 1. The lowest BCUT2D eigenvalue weighted by atomic mass is 10.0. The van der Waals surface area contributed by atoms with Crippen molar-refractivity contribution in [3.8, 4) is 5.75 Å². The van der Waals surface area contributed by atoms with Crippen LogP contribution in [0.4, 0.5) is 5.69 Å². The van der Waals surface area contributed by atoms with Crippen molar-refractivity contribution < 1.29 is 5.11 Å². The highest BCUT2D eigenvalue weighted by atomic mass is 32.1. The van der Waals surface area contributed by atoms with Gasteiger partial charge in [0.25, 0.3) is 0 Å². The van der Waals surface area contributed by atoms with Crippen LogP contribution < -0.4 is 5.32 Å². The minimum Gasteiger partial charge on any atom is -0.508 e. The first-order valence-electron chi connectivity index (χ1n) is 6.79. The molecule has 0 spiro atoms. The summed E-state index contributed by atoms with van der Waals surface area (Å²) >= 11 is 1.76. The molecule has 1 aromatic heterocycles. The number of thiophene rings is 1. The molecule has 1 atom stereocenters. The van der Waals surface area contributed by atoms with E-state index >= 15 is 0 Å². The molecule has 0 aliphatic heterocycles. The van der Waals surface area contributed by atoms with Gasteiger partial charge in [0.1, 0.15) is 5.75 Å². The molecule has 1 unspecified atom stereocenters. The van der Waals surface area contributed by atoms with Crippen molar-refractivity contribution in [2.24, 2.45) is 0 Å². The quantitative estimate of drug-likeness (QED) is 0.692. The molecular weight excluding hydrogens is 266 g/mol. The summed E-state index contributed by atoms with van der Waals surface area (Å²) in [4.78, 5) is 0. The van der Waals surface area contributed by atoms with Crippen molar-refractivity contribution in [3.05, 3.63) is 59.5 Å². The average molecular weight is 283 g/mol. The minimum atomic E-state index is 0.256. The number of nitrogens with one attached hydrogen (secondary N) is 1. The summed E-state index contributed by atoms with van der Waals surface area (Å²) in [6, 6.07) is 16.3. The van der Waals surface area contributed by atoms with Crippen LogP contribution in [-0.4, -0.2) is 5.11 Å². The highest BCUT2D eigenvalue weighted by Crippen LogP contribution is 2.28. The van der Waals surface area contributed by atoms with Crippen molar-refractivity contribution in [3.63, 3.8) is 0 Å². The van der Waals surface area contributed by atoms with E-state index in [-0.39, 0.29) is 6.04 Å². The molecule has 0 aliphatic rings. The normalized spacial score (nSPS) is 12.4. The average Bonchev–Trinajstić information content (AvgIpc) is 2.93. The lowest BCUT2D eigenvalue weighted by Crippen LogP contribution is -2.09. The van der Waals surface area contributed by atoms with Crippen molar-refractivity contribution in [1.29, 1.82) is 0 Å². The van der Waals surface area contributed by atoms with E-state index in [0.29, 0.717) is 5.75 Å². The molecule has 1 heterocycles. The Morgan fingerprint density at radius 1 is 1.10 bits per heavy atom. The lowest BCUT2D eigenvalue weighted by Gasteiger charge is -2.19. The van der Waals surface area contributed by atoms with Crippen LogP contribution in [0.5, 0.6) is 5.75 Å². The molecular formula is C17H17NOS. The molecule has 0 amide bonds. The van der Waals surface area contributed by atoms with E-state index in [1.807, 2.05) is 12.1 Å². The Morgan fingerprint density at radius 2 is 1.90 bits per heavy atom. The summed E-state index contributed by atoms with van der Waals surface area (Å²) in [5.41, 5.74) is 2.33. The fourth-order valence-corrected chi connectivity index (χ4v) is 3.16. The predicted octanol–water partition coefficient (Wildman–Crippen LogP) is 5.17. The zero-order chi connectivity index (χ0) is 13.9. The molecule has 0 saturated heterocycles. The van der Waals surface area contributed by atoms with Crippen molar-refractivity contribution in [2.75, 3.05) is 5.32 Å². The Kier molecular flexibility index (Phi) is 3.61. The Balaban J connectivity index is 1.84. The number of rotatable bonds is 4. The molecule has 2 nitrogen and oxygen atoms in total. The third-order valence-corrected chi connectivity index (χ3v) is 4.39. The Hall–Kier alpha value is -2.00. The third-order valence-electron chi connectivity index (χ3n) is 3.50. The Bertz CT molecular complexity index is 702. The molecule has 3 rings (SSSR count). The first kappa shape index (κ1) is 13.0. The fraction of sp³-hybridized carbons (Fsp3) is 0.176. The van der Waals surface area contributed by atoms with Crippen LogP contribution >= 0.6 is 11.3 Å². The monoisotopic (exact) mass is 283 g/mol. The molecule has 0 aliphatic carbocycles. The summed E-state index contributed by atoms with van der Waals surface area (Å²) < 4.78 is 1.31. The second-order valence-corrected chi connectivity index (χ2v) is 5.82. The summed E-state index contributed by atoms with van der Waals surface area (Å²) in [6.45, 7) is 2.16. The highest BCUT2D eigenvalue weighted by Gasteiger charge is 2.09. The second-order valence-electron chi connectivity index (χ2n) is 4.87. The van der Waals surface area contributed by atoms with Gasteiger partial charge in [0.15, 0.2) is 0 Å². The van der Waals surface area contributed by atoms with Gasteiger partial charge in [-0.05, 0) is 59.1 Å². The van der Waals surface area contributed by atoms with Gasteiger partial charge in [-0.1, -0.05) is 19.1 Å². The van der Waals surface area contributed by atoms with Crippen molar-refractivity contribution in [2.45, 2.75) is 19.4 Å². The van der Waals surface area contributed by atoms with Crippen molar-refractivity contribution >= 4 is 27.1 Å². The molecule has 0 saturated carbocycles. The number of hydrogen-bond acceptors (Lipinski definition) is 3. The Labute approximate surface area is 122 Å². The van der Waals surface area contributed by atoms with Crippen LogP contribution in [0, 0.1) is 0 Å². The number of benzene rings is 2. The maximum atomic E-state index is 9.38. The summed E-state index contributed by atoms with van der Waals surface area (Å²) in [5, 5.41) is 16.3. The maximum Gasteiger partial charge on any atom is 0.115 e. The molecule has 20 heavy (non-hydrogen) atoms. The molecule has 3 heteroatoms. The van der Waals surface area contributed by atoms with E-state index in [4.69, 9.17) is 0 Å². The number of aromatic hydroxyl groups is 1. The van der Waals surface area contributed by atoms with E-state index in [9.17, 15) is 5.11 Å². The van der Waals surface area contributed by atoms with Crippen LogP contribution in [0.15, 0.2) is 53.9 Å². The third kappa shape index (κ3) is 2.63. The van der Waals surface area contributed by atoms with E-state index in [1.165, 1.54) is 15.6 Å². The van der Waals surface area contributed by atoms with E-state index in [2.05, 4.69) is 41.9 Å². The summed E-state index contributed by atoms with van der Waals surface area (Å²) in [7, 11) is 0. The molecule has 0 bridgehead atoms. The van der Waals surface area contributed by atoms with Crippen LogP contribution in [0.1, 0.15) is 24.9 Å². The highest BCUT2D eigenvalue weighted by molar-refractivity contribution is 7.17. The first-order valence-corrected chi connectivity index (χ1v) is 7.67. The van der Waals surface area contributed by atoms with Gasteiger partial charge >= 0.3 is 0 Å². The van der Waals surface area contributed by atoms with Gasteiger partial charge in [0, 0.05) is 10.4 Å². The molecule has 2 aromatic carbocycles. The number of hydrogen-bond donors (Lipinski definition) is 2. The summed E-state index contributed by atoms with van der Waals surface area (Å²) in [6.07, 6.45) is 0.993. The number of phenolic OH excluding ortho intramolecular Hbond substituents is 1. The molecule has 0 radical (unpaired) electrons. The lowest BCUT2D eigenvalue weighted by molar-refractivity contribution is 0.475. The summed E-state index contributed by atoms with van der Waals surface area (Å²) in [5.74, 6) is 0.309. The number of fused-ring (bicyclic) bond motifs is 1. The SMILES string of the molecule is CCC(Nc1ccc2sccc2c1)c1ccc(O)cc1. The standard InChI is InChI=1S/C17H17NOS/c1-2-16(12-3-6-15(19)7-4-12)18-14-5-8-17-13(11-14)9-10-20-17/h3-11,16,18-19H,2H2,1H3. The van der Waals surface area contributed by atoms with Gasteiger partial charge in [0.05, 0.1) is 6.04 Å². The van der Waals surface area contributed by atoms with Gasteiger partial charge in [0.2, 0.25) is 0 Å². The van der Waals surface area contributed by atoms with Gasteiger partial charge in [-0.25, -0.2) is 0 Å². The largest absolute Gasteiger partial charge is 0.508 e. The smallest absolute Gasteiger partial charge is 0.115 e. The van der Waals surface area contributed by atoms with Crippen LogP contribution in [-0.2, 0) is 0 Å². The van der Waals surface area contributed by atoms with Crippen LogP contribution in [0.3, 0.4) is 0 Å². The zero-order valence-corrected chi connectivity index (χ0v) is 12.2. The van der Waals surface area contributed by atoms with Gasteiger partial charge < -0.3 is 10.4 Å². The van der Waals surface area contributed by atoms with Crippen molar-refractivity contribution in [1.82, 2.24) is 0 Å². The van der Waals surface area contributed by atoms with E-state index < -0.39 is 0 Å². The van der Waals surface area contributed by atoms with Gasteiger partial charge in [-0.3, -0.25) is 0 Å². The molecule has 3 aromatic rings. The zero-order valence-electron chi connectivity index (χ0n) is 11.3. The second kappa shape index (κ2) is 5.55. The molecule has 2 N–H and O–H groups in total. The van der Waals surface area contributed by atoms with E-state index in [0.717, 1.165) is 12.1 Å². The molecule has 102 valence electrons. The Morgan fingerprint density at radius 3 is 2.65 bits per heavy atom. The predicted molar refractivity (Wildman–Crippen MR) is 86.6 cm³/mol.